The minimum atomic E-state index is -0.332. The van der Waals surface area contributed by atoms with E-state index in [0.717, 1.165) is 37.1 Å². The van der Waals surface area contributed by atoms with Gasteiger partial charge in [0.1, 0.15) is 17.3 Å². The molecule has 0 spiro atoms. The molecule has 0 saturated carbocycles. The van der Waals surface area contributed by atoms with Crippen molar-refractivity contribution in [3.63, 3.8) is 0 Å². The zero-order valence-electron chi connectivity index (χ0n) is 16.3. The molecule has 29 heavy (non-hydrogen) atoms. The summed E-state index contributed by atoms with van der Waals surface area (Å²) in [6, 6.07) is 8.23. The molecule has 0 unspecified atom stereocenters. The lowest BCUT2D eigenvalue weighted by Crippen LogP contribution is -2.49. The maximum absolute atomic E-state index is 14.8. The van der Waals surface area contributed by atoms with Gasteiger partial charge in [-0.1, -0.05) is 0 Å². The Morgan fingerprint density at radius 3 is 2.55 bits per heavy atom. The highest BCUT2D eigenvalue weighted by Gasteiger charge is 2.22. The van der Waals surface area contributed by atoms with E-state index in [-0.39, 0.29) is 11.6 Å². The second-order valence-electron chi connectivity index (χ2n) is 7.79. The van der Waals surface area contributed by atoms with Crippen molar-refractivity contribution in [3.05, 3.63) is 42.0 Å². The molecule has 5 rings (SSSR count). The van der Waals surface area contributed by atoms with Gasteiger partial charge in [-0.2, -0.15) is 5.10 Å². The Labute approximate surface area is 166 Å². The van der Waals surface area contributed by atoms with E-state index in [1.54, 1.807) is 6.07 Å². The van der Waals surface area contributed by atoms with Crippen LogP contribution >= 0.6 is 0 Å². The Morgan fingerprint density at radius 1 is 1.00 bits per heavy atom. The standard InChI is InChI=1S/C21H22F2N6/c1-12(2)28-5-7-29(8-6-28)19-11-18-17(10-15(19)23)24-21(25-18)20-14-4-3-13(22)9-16(14)26-27-20/h3-4,9-12H,5-8H2,1-2H3,(H,24,25)(H,26,27). The highest BCUT2D eigenvalue weighted by Crippen LogP contribution is 2.30. The van der Waals surface area contributed by atoms with Crippen LogP contribution in [0, 0.1) is 11.6 Å². The molecule has 2 aromatic carbocycles. The number of rotatable bonds is 3. The van der Waals surface area contributed by atoms with Crippen LogP contribution in [0.25, 0.3) is 33.5 Å². The summed E-state index contributed by atoms with van der Waals surface area (Å²) < 4.78 is 28.3. The third-order valence-corrected chi connectivity index (χ3v) is 5.68. The maximum Gasteiger partial charge on any atom is 0.159 e. The maximum atomic E-state index is 14.8. The van der Waals surface area contributed by atoms with E-state index in [1.165, 1.54) is 18.2 Å². The van der Waals surface area contributed by atoms with Gasteiger partial charge in [-0.3, -0.25) is 10.00 Å². The minimum Gasteiger partial charge on any atom is -0.367 e. The molecular weight excluding hydrogens is 374 g/mol. The van der Waals surface area contributed by atoms with Gasteiger partial charge in [0.2, 0.25) is 0 Å². The second-order valence-corrected chi connectivity index (χ2v) is 7.79. The van der Waals surface area contributed by atoms with Crippen LogP contribution in [0.4, 0.5) is 14.5 Å². The molecule has 0 bridgehead atoms. The van der Waals surface area contributed by atoms with Crippen LogP contribution in [0.5, 0.6) is 0 Å². The van der Waals surface area contributed by atoms with Gasteiger partial charge in [0.05, 0.1) is 22.2 Å². The van der Waals surface area contributed by atoms with Gasteiger partial charge in [-0.25, -0.2) is 13.8 Å². The number of nitrogens with zero attached hydrogens (tertiary/aromatic N) is 4. The van der Waals surface area contributed by atoms with Crippen LogP contribution in [0.3, 0.4) is 0 Å². The molecule has 2 N–H and O–H groups in total. The number of benzene rings is 2. The third kappa shape index (κ3) is 3.13. The first-order valence-corrected chi connectivity index (χ1v) is 9.82. The molecule has 1 saturated heterocycles. The minimum absolute atomic E-state index is 0.275. The molecule has 0 atom stereocenters. The highest BCUT2D eigenvalue weighted by molar-refractivity contribution is 5.93. The summed E-state index contributed by atoms with van der Waals surface area (Å²) in [7, 11) is 0. The number of hydrogen-bond acceptors (Lipinski definition) is 4. The molecule has 1 fully saturated rings. The van der Waals surface area contributed by atoms with E-state index < -0.39 is 0 Å². The SMILES string of the molecule is CC(C)N1CCN(c2cc3[nH]c(-c4n[nH]c5cc(F)ccc45)nc3cc2F)CC1. The van der Waals surface area contributed by atoms with Crippen LogP contribution < -0.4 is 4.90 Å². The van der Waals surface area contributed by atoms with Gasteiger partial charge >= 0.3 is 0 Å². The van der Waals surface area contributed by atoms with Crippen LogP contribution in [-0.2, 0) is 0 Å². The zero-order valence-corrected chi connectivity index (χ0v) is 16.3. The van der Waals surface area contributed by atoms with Crippen molar-refractivity contribution < 1.29 is 8.78 Å². The molecule has 1 aliphatic heterocycles. The first-order valence-electron chi connectivity index (χ1n) is 9.82. The van der Waals surface area contributed by atoms with Crippen LogP contribution in [0.1, 0.15) is 13.8 Å². The predicted octanol–water partition coefficient (Wildman–Crippen LogP) is 3.91. The molecule has 2 aromatic heterocycles. The Kier molecular flexibility index (Phi) is 4.24. The third-order valence-electron chi connectivity index (χ3n) is 5.68. The Balaban J connectivity index is 1.50. The summed E-state index contributed by atoms with van der Waals surface area (Å²) in [5.74, 6) is -0.0804. The number of aromatic amines is 2. The average Bonchev–Trinajstić information content (AvgIpc) is 3.30. The topological polar surface area (TPSA) is 63.8 Å². The molecule has 4 aromatic rings. The van der Waals surface area contributed by atoms with E-state index in [0.29, 0.717) is 34.3 Å². The molecule has 0 aliphatic carbocycles. The lowest BCUT2D eigenvalue weighted by molar-refractivity contribution is 0.209. The van der Waals surface area contributed by atoms with Crippen molar-refractivity contribution in [1.29, 1.82) is 0 Å². The van der Waals surface area contributed by atoms with E-state index in [2.05, 4.69) is 43.8 Å². The Bertz CT molecular complexity index is 1190. The van der Waals surface area contributed by atoms with Crippen molar-refractivity contribution >= 4 is 27.6 Å². The largest absolute Gasteiger partial charge is 0.367 e. The molecule has 0 radical (unpaired) electrons. The quantitative estimate of drug-likeness (QED) is 0.551. The average molecular weight is 396 g/mol. The van der Waals surface area contributed by atoms with Crippen molar-refractivity contribution in [2.24, 2.45) is 0 Å². The van der Waals surface area contributed by atoms with Crippen molar-refractivity contribution in [3.8, 4) is 11.5 Å². The van der Waals surface area contributed by atoms with Crippen molar-refractivity contribution in [2.45, 2.75) is 19.9 Å². The lowest BCUT2D eigenvalue weighted by atomic mass is 10.2. The summed E-state index contributed by atoms with van der Waals surface area (Å²) in [5, 5.41) is 7.85. The fraction of sp³-hybridized carbons (Fsp3) is 0.333. The molecule has 3 heterocycles. The molecular formula is C21H22F2N6. The number of H-pyrrole nitrogens is 2. The van der Waals surface area contributed by atoms with E-state index >= 15 is 0 Å². The number of hydrogen-bond donors (Lipinski definition) is 2. The van der Waals surface area contributed by atoms with E-state index in [9.17, 15) is 8.78 Å². The molecule has 150 valence electrons. The Hall–Kier alpha value is -3.00. The van der Waals surface area contributed by atoms with Gasteiger partial charge in [0, 0.05) is 43.7 Å². The van der Waals surface area contributed by atoms with Gasteiger partial charge in [0.15, 0.2) is 5.82 Å². The molecule has 1 aliphatic rings. The number of fused-ring (bicyclic) bond motifs is 2. The number of anilines is 1. The van der Waals surface area contributed by atoms with Gasteiger partial charge in [-0.15, -0.1) is 0 Å². The molecule has 6 nitrogen and oxygen atoms in total. The van der Waals surface area contributed by atoms with Gasteiger partial charge in [-0.05, 0) is 38.1 Å². The van der Waals surface area contributed by atoms with E-state index in [4.69, 9.17) is 0 Å². The fourth-order valence-corrected chi connectivity index (χ4v) is 4.03. The van der Waals surface area contributed by atoms with Crippen molar-refractivity contribution in [1.82, 2.24) is 25.1 Å². The number of imidazole rings is 1. The predicted molar refractivity (Wildman–Crippen MR) is 110 cm³/mol. The number of piperazine rings is 1. The zero-order chi connectivity index (χ0) is 20.1. The smallest absolute Gasteiger partial charge is 0.159 e. The van der Waals surface area contributed by atoms with Gasteiger partial charge in [0.25, 0.3) is 0 Å². The summed E-state index contributed by atoms with van der Waals surface area (Å²) in [5.41, 5.74) is 3.06. The Morgan fingerprint density at radius 2 is 1.79 bits per heavy atom. The molecule has 0 amide bonds. The number of halogens is 2. The lowest BCUT2D eigenvalue weighted by Gasteiger charge is -2.38. The highest BCUT2D eigenvalue weighted by atomic mass is 19.1. The normalized spacial score (nSPS) is 15.8. The summed E-state index contributed by atoms with van der Waals surface area (Å²) in [6.45, 7) is 7.77. The first-order chi connectivity index (χ1) is 14.0. The summed E-state index contributed by atoms with van der Waals surface area (Å²) in [6.07, 6.45) is 0. The summed E-state index contributed by atoms with van der Waals surface area (Å²) in [4.78, 5) is 12.2. The van der Waals surface area contributed by atoms with Crippen LogP contribution in [-0.4, -0.2) is 57.3 Å². The first kappa shape index (κ1) is 18.1. The number of nitrogens with one attached hydrogen (secondary N) is 2. The van der Waals surface area contributed by atoms with Crippen LogP contribution in [0.15, 0.2) is 30.3 Å². The second kappa shape index (κ2) is 6.81. The fourth-order valence-electron chi connectivity index (χ4n) is 4.03. The van der Waals surface area contributed by atoms with Crippen molar-refractivity contribution in [2.75, 3.05) is 31.1 Å². The number of aromatic nitrogens is 4. The van der Waals surface area contributed by atoms with Gasteiger partial charge < -0.3 is 9.88 Å². The van der Waals surface area contributed by atoms with Crippen LogP contribution in [0.2, 0.25) is 0 Å². The van der Waals surface area contributed by atoms with E-state index in [1.807, 2.05) is 6.07 Å². The molecule has 8 heteroatoms. The summed E-state index contributed by atoms with van der Waals surface area (Å²) >= 11 is 0. The monoisotopic (exact) mass is 396 g/mol.